The lowest BCUT2D eigenvalue weighted by Gasteiger charge is -2.02. The molecule has 0 unspecified atom stereocenters. The molecule has 0 saturated carbocycles. The molecule has 1 aromatic heterocycles. The van der Waals surface area contributed by atoms with Crippen molar-refractivity contribution in [2.24, 2.45) is 0 Å². The number of ketones is 1. The summed E-state index contributed by atoms with van der Waals surface area (Å²) in [5.41, 5.74) is 1.58. The van der Waals surface area contributed by atoms with Crippen molar-refractivity contribution in [3.8, 4) is 5.69 Å². The van der Waals surface area contributed by atoms with E-state index in [1.165, 1.54) is 6.33 Å². The molecular formula is C11H12N4O. The number of carbonyl (C=O) groups excluding carboxylic acids is 1. The lowest BCUT2D eigenvalue weighted by molar-refractivity contribution is 0.0993. The van der Waals surface area contributed by atoms with Gasteiger partial charge >= 0.3 is 0 Å². The Balaban J connectivity index is 2.20. The van der Waals surface area contributed by atoms with Crippen LogP contribution in [0.3, 0.4) is 0 Å². The Bertz CT molecular complexity index is 461. The lowest BCUT2D eigenvalue weighted by atomic mass is 10.1. The number of carbonyl (C=O) groups is 1. The summed E-state index contributed by atoms with van der Waals surface area (Å²) in [6.07, 6.45) is 3.09. The van der Waals surface area contributed by atoms with Gasteiger partial charge in [-0.3, -0.25) is 4.79 Å². The van der Waals surface area contributed by atoms with Crippen LogP contribution in [0.4, 0.5) is 0 Å². The van der Waals surface area contributed by atoms with Gasteiger partial charge in [-0.15, -0.1) is 0 Å². The van der Waals surface area contributed by atoms with Gasteiger partial charge in [0.25, 0.3) is 0 Å². The van der Waals surface area contributed by atoms with E-state index in [4.69, 9.17) is 0 Å². The van der Waals surface area contributed by atoms with E-state index in [0.29, 0.717) is 12.1 Å². The number of nitrogens with zero attached hydrogens (tertiary/aromatic N) is 3. The van der Waals surface area contributed by atoms with Crippen molar-refractivity contribution < 1.29 is 4.79 Å². The summed E-state index contributed by atoms with van der Waals surface area (Å²) in [6, 6.07) is 7.27. The van der Waals surface area contributed by atoms with Gasteiger partial charge in [0.05, 0.1) is 12.2 Å². The number of hydrogen-bond acceptors (Lipinski definition) is 4. The number of benzene rings is 1. The summed E-state index contributed by atoms with van der Waals surface area (Å²) in [6.45, 7) is 0.350. The Kier molecular flexibility index (Phi) is 3.07. The number of Topliss-reactive ketones (excluding diaryl/α,β-unsaturated/α-hetero) is 1. The quantitative estimate of drug-likeness (QED) is 0.763. The van der Waals surface area contributed by atoms with Crippen LogP contribution >= 0.6 is 0 Å². The fraction of sp³-hybridized carbons (Fsp3) is 0.182. The van der Waals surface area contributed by atoms with E-state index in [9.17, 15) is 4.79 Å². The minimum absolute atomic E-state index is 0.0765. The first-order valence-electron chi connectivity index (χ1n) is 4.94. The first kappa shape index (κ1) is 10.5. The first-order chi connectivity index (χ1) is 7.81. The molecule has 5 nitrogen and oxygen atoms in total. The summed E-state index contributed by atoms with van der Waals surface area (Å²) >= 11 is 0. The molecule has 82 valence electrons. The van der Waals surface area contributed by atoms with Crippen LogP contribution in [-0.2, 0) is 0 Å². The second kappa shape index (κ2) is 4.67. The van der Waals surface area contributed by atoms with Gasteiger partial charge in [0.15, 0.2) is 5.78 Å². The van der Waals surface area contributed by atoms with Crippen molar-refractivity contribution in [2.75, 3.05) is 13.6 Å². The van der Waals surface area contributed by atoms with Gasteiger partial charge in [0.2, 0.25) is 0 Å². The third kappa shape index (κ3) is 2.14. The molecule has 0 aliphatic carbocycles. The molecule has 0 aliphatic heterocycles. The van der Waals surface area contributed by atoms with Crippen LogP contribution in [0.25, 0.3) is 5.69 Å². The maximum absolute atomic E-state index is 11.5. The van der Waals surface area contributed by atoms with Gasteiger partial charge in [0, 0.05) is 5.56 Å². The van der Waals surface area contributed by atoms with Gasteiger partial charge in [-0.1, -0.05) is 0 Å². The van der Waals surface area contributed by atoms with Crippen LogP contribution in [-0.4, -0.2) is 34.1 Å². The molecule has 1 N–H and O–H groups in total. The Hall–Kier alpha value is -2.01. The van der Waals surface area contributed by atoms with E-state index in [-0.39, 0.29) is 5.78 Å². The predicted octanol–water partition coefficient (Wildman–Crippen LogP) is 0.669. The average Bonchev–Trinajstić information content (AvgIpc) is 2.83. The van der Waals surface area contributed by atoms with Crippen LogP contribution < -0.4 is 5.32 Å². The number of likely N-dealkylation sites (N-methyl/N-ethyl adjacent to an activating group) is 1. The monoisotopic (exact) mass is 216 g/mol. The SMILES string of the molecule is CNCC(=O)c1ccc(-n2cncn2)cc1. The fourth-order valence-corrected chi connectivity index (χ4v) is 1.40. The summed E-state index contributed by atoms with van der Waals surface area (Å²) in [4.78, 5) is 15.4. The topological polar surface area (TPSA) is 59.8 Å². The molecule has 0 atom stereocenters. The number of aromatic nitrogens is 3. The fourth-order valence-electron chi connectivity index (χ4n) is 1.40. The van der Waals surface area contributed by atoms with Gasteiger partial charge in [-0.05, 0) is 31.3 Å². The van der Waals surface area contributed by atoms with Gasteiger partial charge in [0.1, 0.15) is 12.7 Å². The number of nitrogens with one attached hydrogen (secondary N) is 1. The maximum atomic E-state index is 11.5. The molecule has 0 saturated heterocycles. The van der Waals surface area contributed by atoms with Crippen LogP contribution in [0, 0.1) is 0 Å². The molecule has 0 radical (unpaired) electrons. The highest BCUT2D eigenvalue weighted by Crippen LogP contribution is 2.08. The Labute approximate surface area is 93.1 Å². The van der Waals surface area contributed by atoms with Crippen molar-refractivity contribution in [3.05, 3.63) is 42.5 Å². The van der Waals surface area contributed by atoms with Crippen molar-refractivity contribution in [1.29, 1.82) is 0 Å². The largest absolute Gasteiger partial charge is 0.313 e. The molecule has 0 spiro atoms. The van der Waals surface area contributed by atoms with Crippen LogP contribution in [0.1, 0.15) is 10.4 Å². The molecule has 0 amide bonds. The van der Waals surface area contributed by atoms with Gasteiger partial charge in [-0.25, -0.2) is 9.67 Å². The zero-order valence-corrected chi connectivity index (χ0v) is 8.92. The Morgan fingerprint density at radius 3 is 2.69 bits per heavy atom. The van der Waals surface area contributed by atoms with E-state index < -0.39 is 0 Å². The summed E-state index contributed by atoms with van der Waals surface area (Å²) in [5, 5.41) is 6.84. The predicted molar refractivity (Wildman–Crippen MR) is 59.6 cm³/mol. The minimum atomic E-state index is 0.0765. The van der Waals surface area contributed by atoms with Crippen molar-refractivity contribution in [2.45, 2.75) is 0 Å². The average molecular weight is 216 g/mol. The van der Waals surface area contributed by atoms with Gasteiger partial charge < -0.3 is 5.32 Å². The maximum Gasteiger partial charge on any atom is 0.176 e. The van der Waals surface area contributed by atoms with E-state index in [0.717, 1.165) is 5.69 Å². The van der Waals surface area contributed by atoms with Crippen LogP contribution in [0.15, 0.2) is 36.9 Å². The Morgan fingerprint density at radius 1 is 1.38 bits per heavy atom. The molecule has 16 heavy (non-hydrogen) atoms. The van der Waals surface area contributed by atoms with Crippen LogP contribution in [0.2, 0.25) is 0 Å². The summed E-state index contributed by atoms with van der Waals surface area (Å²) in [5.74, 6) is 0.0765. The number of rotatable bonds is 4. The highest BCUT2D eigenvalue weighted by molar-refractivity contribution is 5.97. The molecule has 2 aromatic rings. The molecule has 1 heterocycles. The molecule has 5 heteroatoms. The molecule has 0 aliphatic rings. The van der Waals surface area contributed by atoms with E-state index >= 15 is 0 Å². The lowest BCUT2D eigenvalue weighted by Crippen LogP contribution is -2.18. The molecule has 0 fully saturated rings. The zero-order valence-electron chi connectivity index (χ0n) is 8.92. The van der Waals surface area contributed by atoms with Crippen molar-refractivity contribution >= 4 is 5.78 Å². The second-order valence-corrected chi connectivity index (χ2v) is 3.34. The third-order valence-corrected chi connectivity index (χ3v) is 2.21. The normalized spacial score (nSPS) is 10.3. The second-order valence-electron chi connectivity index (χ2n) is 3.34. The smallest absolute Gasteiger partial charge is 0.176 e. The van der Waals surface area contributed by atoms with Crippen molar-refractivity contribution in [3.63, 3.8) is 0 Å². The number of hydrogen-bond donors (Lipinski definition) is 1. The first-order valence-corrected chi connectivity index (χ1v) is 4.94. The molecule has 2 rings (SSSR count). The molecule has 1 aromatic carbocycles. The van der Waals surface area contributed by atoms with E-state index in [1.54, 1.807) is 30.2 Å². The summed E-state index contributed by atoms with van der Waals surface area (Å²) in [7, 11) is 1.75. The highest BCUT2D eigenvalue weighted by atomic mass is 16.1. The molecular weight excluding hydrogens is 204 g/mol. The summed E-state index contributed by atoms with van der Waals surface area (Å²) < 4.78 is 1.65. The zero-order chi connectivity index (χ0) is 11.4. The molecule has 0 bridgehead atoms. The van der Waals surface area contributed by atoms with Crippen LogP contribution in [0.5, 0.6) is 0 Å². The minimum Gasteiger partial charge on any atom is -0.313 e. The van der Waals surface area contributed by atoms with Crippen molar-refractivity contribution in [1.82, 2.24) is 20.1 Å². The van der Waals surface area contributed by atoms with E-state index in [1.807, 2.05) is 12.1 Å². The highest BCUT2D eigenvalue weighted by Gasteiger charge is 2.04. The standard InChI is InChI=1S/C11H12N4O/c1-12-6-11(16)9-2-4-10(5-3-9)15-8-13-7-14-15/h2-5,7-8,12H,6H2,1H3. The Morgan fingerprint density at radius 2 is 2.12 bits per heavy atom. The van der Waals surface area contributed by atoms with E-state index in [2.05, 4.69) is 15.4 Å². The third-order valence-electron chi connectivity index (χ3n) is 2.21. The van der Waals surface area contributed by atoms with Gasteiger partial charge in [-0.2, -0.15) is 5.10 Å².